The molecule has 5 heteroatoms. The van der Waals surface area contributed by atoms with Crippen molar-refractivity contribution < 1.29 is 19.4 Å². The minimum absolute atomic E-state index is 0.0627. The Morgan fingerprint density at radius 3 is 2.74 bits per heavy atom. The van der Waals surface area contributed by atoms with Gasteiger partial charge in [0, 0.05) is 0 Å². The number of aromatic nitrogens is 1. The molecule has 1 aliphatic rings. The van der Waals surface area contributed by atoms with Crippen molar-refractivity contribution in [2.75, 3.05) is 7.11 Å². The number of carboxylic acid groups (broad SMARTS) is 1. The summed E-state index contributed by atoms with van der Waals surface area (Å²) in [6.45, 7) is 0.356. The molecular weight excluding hydrogens is 246 g/mol. The molecule has 0 unspecified atom stereocenters. The molecule has 2 rings (SSSR count). The SMILES string of the molecule is COc1ccc(COC2CCCCC2)nc1C(=O)O. The summed E-state index contributed by atoms with van der Waals surface area (Å²) in [6, 6.07) is 3.37. The number of nitrogens with zero attached hydrogens (tertiary/aromatic N) is 1. The number of hydrogen-bond donors (Lipinski definition) is 1. The van der Waals surface area contributed by atoms with Crippen LogP contribution >= 0.6 is 0 Å². The number of hydrogen-bond acceptors (Lipinski definition) is 4. The summed E-state index contributed by atoms with van der Waals surface area (Å²) in [7, 11) is 1.43. The van der Waals surface area contributed by atoms with Crippen LogP contribution in [0.25, 0.3) is 0 Å². The minimum atomic E-state index is -1.09. The zero-order valence-electron chi connectivity index (χ0n) is 11.1. The van der Waals surface area contributed by atoms with E-state index in [4.69, 9.17) is 14.6 Å². The lowest BCUT2D eigenvalue weighted by Gasteiger charge is -2.21. The third kappa shape index (κ3) is 3.67. The van der Waals surface area contributed by atoms with Crippen LogP contribution in [0.1, 0.15) is 48.3 Å². The highest BCUT2D eigenvalue weighted by atomic mass is 16.5. The minimum Gasteiger partial charge on any atom is -0.494 e. The maximum atomic E-state index is 11.1. The van der Waals surface area contributed by atoms with Gasteiger partial charge in [-0.3, -0.25) is 0 Å². The van der Waals surface area contributed by atoms with E-state index in [1.165, 1.54) is 26.4 Å². The Morgan fingerprint density at radius 2 is 2.11 bits per heavy atom. The van der Waals surface area contributed by atoms with E-state index in [2.05, 4.69) is 4.98 Å². The maximum absolute atomic E-state index is 11.1. The molecule has 1 aromatic heterocycles. The summed E-state index contributed by atoms with van der Waals surface area (Å²) >= 11 is 0. The Morgan fingerprint density at radius 1 is 1.37 bits per heavy atom. The van der Waals surface area contributed by atoms with Gasteiger partial charge >= 0.3 is 5.97 Å². The standard InChI is InChI=1S/C14H19NO4/c1-18-12-8-7-10(15-13(12)14(16)17)9-19-11-5-3-2-4-6-11/h7-8,11H,2-6,9H2,1H3,(H,16,17). The summed E-state index contributed by atoms with van der Waals surface area (Å²) in [5, 5.41) is 9.05. The van der Waals surface area contributed by atoms with Crippen LogP contribution in [0.4, 0.5) is 0 Å². The van der Waals surface area contributed by atoms with Crippen molar-refractivity contribution in [3.05, 3.63) is 23.5 Å². The van der Waals surface area contributed by atoms with E-state index in [1.54, 1.807) is 12.1 Å². The molecule has 1 saturated carbocycles. The molecule has 1 heterocycles. The smallest absolute Gasteiger partial charge is 0.358 e. The van der Waals surface area contributed by atoms with Crippen LogP contribution in [0.2, 0.25) is 0 Å². The fourth-order valence-electron chi connectivity index (χ4n) is 2.32. The zero-order valence-corrected chi connectivity index (χ0v) is 11.1. The molecule has 19 heavy (non-hydrogen) atoms. The van der Waals surface area contributed by atoms with Crippen LogP contribution in [0, 0.1) is 0 Å². The lowest BCUT2D eigenvalue weighted by Crippen LogP contribution is -2.17. The second-order valence-electron chi connectivity index (χ2n) is 4.73. The molecule has 0 aliphatic heterocycles. The molecule has 1 fully saturated rings. The third-order valence-electron chi connectivity index (χ3n) is 3.36. The number of carboxylic acids is 1. The van der Waals surface area contributed by atoms with Crippen molar-refractivity contribution in [3.63, 3.8) is 0 Å². The maximum Gasteiger partial charge on any atom is 0.358 e. The quantitative estimate of drug-likeness (QED) is 0.886. The monoisotopic (exact) mass is 265 g/mol. The van der Waals surface area contributed by atoms with Crippen LogP contribution < -0.4 is 4.74 Å². The van der Waals surface area contributed by atoms with E-state index in [-0.39, 0.29) is 17.5 Å². The fourth-order valence-corrected chi connectivity index (χ4v) is 2.32. The number of rotatable bonds is 5. The Balaban J connectivity index is 2.00. The molecule has 5 nitrogen and oxygen atoms in total. The molecule has 0 atom stereocenters. The number of methoxy groups -OCH3 is 1. The highest BCUT2D eigenvalue weighted by molar-refractivity contribution is 5.88. The van der Waals surface area contributed by atoms with Gasteiger partial charge in [-0.25, -0.2) is 9.78 Å². The van der Waals surface area contributed by atoms with Crippen LogP contribution in [-0.2, 0) is 11.3 Å². The molecule has 1 aliphatic carbocycles. The number of ether oxygens (including phenoxy) is 2. The predicted octanol–water partition coefficient (Wildman–Crippen LogP) is 2.64. The first kappa shape index (κ1) is 13.8. The van der Waals surface area contributed by atoms with E-state index in [1.807, 2.05) is 0 Å². The molecule has 1 aromatic rings. The van der Waals surface area contributed by atoms with Gasteiger partial charge in [-0.1, -0.05) is 19.3 Å². The van der Waals surface area contributed by atoms with Crippen molar-refractivity contribution >= 4 is 5.97 Å². The zero-order chi connectivity index (χ0) is 13.7. The lowest BCUT2D eigenvalue weighted by molar-refractivity contribution is 0.0151. The van der Waals surface area contributed by atoms with Crippen LogP contribution in [0.15, 0.2) is 12.1 Å². The average molecular weight is 265 g/mol. The number of aromatic carboxylic acids is 1. The summed E-state index contributed by atoms with van der Waals surface area (Å²) < 4.78 is 10.8. The van der Waals surface area contributed by atoms with Crippen LogP contribution in [0.5, 0.6) is 5.75 Å². The van der Waals surface area contributed by atoms with Crippen LogP contribution in [-0.4, -0.2) is 29.3 Å². The first-order chi connectivity index (χ1) is 9.20. The highest BCUT2D eigenvalue weighted by Gasteiger charge is 2.16. The molecule has 0 saturated heterocycles. The summed E-state index contributed by atoms with van der Waals surface area (Å²) in [4.78, 5) is 15.1. The van der Waals surface area contributed by atoms with Gasteiger partial charge < -0.3 is 14.6 Å². The Bertz CT molecular complexity index is 441. The second-order valence-corrected chi connectivity index (χ2v) is 4.73. The lowest BCUT2D eigenvalue weighted by atomic mass is 9.98. The summed E-state index contributed by atoms with van der Waals surface area (Å²) in [5.74, 6) is -0.815. The average Bonchev–Trinajstić information content (AvgIpc) is 2.46. The van der Waals surface area contributed by atoms with E-state index in [0.717, 1.165) is 12.8 Å². The van der Waals surface area contributed by atoms with Gasteiger partial charge in [0.05, 0.1) is 25.5 Å². The third-order valence-corrected chi connectivity index (χ3v) is 3.36. The van der Waals surface area contributed by atoms with Gasteiger partial charge in [-0.05, 0) is 25.0 Å². The fraction of sp³-hybridized carbons (Fsp3) is 0.571. The van der Waals surface area contributed by atoms with Crippen molar-refractivity contribution in [1.29, 1.82) is 0 Å². The molecule has 104 valence electrons. The molecule has 0 aromatic carbocycles. The molecule has 0 bridgehead atoms. The van der Waals surface area contributed by atoms with E-state index >= 15 is 0 Å². The van der Waals surface area contributed by atoms with Gasteiger partial charge in [-0.2, -0.15) is 0 Å². The van der Waals surface area contributed by atoms with Gasteiger partial charge in [-0.15, -0.1) is 0 Å². The summed E-state index contributed by atoms with van der Waals surface area (Å²) in [6.07, 6.45) is 6.15. The van der Waals surface area contributed by atoms with Crippen molar-refractivity contribution in [1.82, 2.24) is 4.98 Å². The first-order valence-corrected chi connectivity index (χ1v) is 6.59. The van der Waals surface area contributed by atoms with Gasteiger partial charge in [0.15, 0.2) is 11.4 Å². The first-order valence-electron chi connectivity index (χ1n) is 6.59. The van der Waals surface area contributed by atoms with E-state index in [0.29, 0.717) is 12.3 Å². The van der Waals surface area contributed by atoms with E-state index in [9.17, 15) is 4.79 Å². The Hall–Kier alpha value is -1.62. The molecule has 0 amide bonds. The van der Waals surface area contributed by atoms with Gasteiger partial charge in [0.1, 0.15) is 0 Å². The van der Waals surface area contributed by atoms with Crippen molar-refractivity contribution in [2.24, 2.45) is 0 Å². The second kappa shape index (κ2) is 6.52. The largest absolute Gasteiger partial charge is 0.494 e. The summed E-state index contributed by atoms with van der Waals surface area (Å²) in [5.41, 5.74) is 0.566. The number of pyridine rings is 1. The molecular formula is C14H19NO4. The predicted molar refractivity (Wildman–Crippen MR) is 69.4 cm³/mol. The highest BCUT2D eigenvalue weighted by Crippen LogP contribution is 2.22. The number of carbonyl (C=O) groups is 1. The Labute approximate surface area is 112 Å². The van der Waals surface area contributed by atoms with Crippen molar-refractivity contribution in [3.8, 4) is 5.75 Å². The Kier molecular flexibility index (Phi) is 4.74. The molecule has 1 N–H and O–H groups in total. The van der Waals surface area contributed by atoms with E-state index < -0.39 is 5.97 Å². The van der Waals surface area contributed by atoms with Crippen molar-refractivity contribution in [2.45, 2.75) is 44.8 Å². The molecule has 0 radical (unpaired) electrons. The van der Waals surface area contributed by atoms with Gasteiger partial charge in [0.25, 0.3) is 0 Å². The molecule has 0 spiro atoms. The van der Waals surface area contributed by atoms with Crippen LogP contribution in [0.3, 0.4) is 0 Å². The van der Waals surface area contributed by atoms with Gasteiger partial charge in [0.2, 0.25) is 0 Å². The topological polar surface area (TPSA) is 68.7 Å². The normalized spacial score (nSPS) is 16.3.